The zero-order valence-corrected chi connectivity index (χ0v) is 34.7. The van der Waals surface area contributed by atoms with Gasteiger partial charge in [0.1, 0.15) is 0 Å². The third-order valence-electron chi connectivity index (χ3n) is 15.0. The van der Waals surface area contributed by atoms with Crippen molar-refractivity contribution < 1.29 is 0 Å². The average Bonchev–Trinajstić information content (AvgIpc) is 3.60. The second-order valence-electron chi connectivity index (χ2n) is 19.6. The Labute approximate surface area is 342 Å². The van der Waals surface area contributed by atoms with Crippen LogP contribution >= 0.6 is 0 Å². The topological polar surface area (TPSA) is 0 Å². The molecule has 8 aromatic carbocycles. The maximum Gasteiger partial charge on any atom is 0.0249 e. The molecule has 0 heterocycles. The van der Waals surface area contributed by atoms with Crippen LogP contribution in [0.1, 0.15) is 111 Å². The lowest BCUT2D eigenvalue weighted by Gasteiger charge is -2.35. The van der Waals surface area contributed by atoms with Crippen LogP contribution in [0.15, 0.2) is 133 Å². The van der Waals surface area contributed by atoms with Crippen molar-refractivity contribution in [3.63, 3.8) is 0 Å². The molecule has 0 fully saturated rings. The van der Waals surface area contributed by atoms with Crippen molar-refractivity contribution in [2.45, 2.75) is 77.0 Å². The fraction of sp³-hybridized carbons (Fsp3) is 0.207. The Morgan fingerprint density at radius 1 is 0.293 bits per heavy atom. The molecule has 4 aliphatic carbocycles. The maximum atomic E-state index is 3.47. The van der Waals surface area contributed by atoms with E-state index in [4.69, 9.17) is 0 Å². The van der Waals surface area contributed by atoms with Gasteiger partial charge in [-0.2, -0.15) is 0 Å². The van der Waals surface area contributed by atoms with Gasteiger partial charge in [0.25, 0.3) is 0 Å². The molecule has 278 valence electrons. The Morgan fingerprint density at radius 2 is 0.638 bits per heavy atom. The van der Waals surface area contributed by atoms with Crippen LogP contribution in [0.5, 0.6) is 0 Å². The normalized spacial score (nSPS) is 17.0. The van der Waals surface area contributed by atoms with Crippen LogP contribution in [0, 0.1) is 11.8 Å². The summed E-state index contributed by atoms with van der Waals surface area (Å²) in [5.74, 6) is 6.94. The fourth-order valence-electron chi connectivity index (χ4n) is 11.7. The summed E-state index contributed by atoms with van der Waals surface area (Å²) in [7, 11) is 0. The van der Waals surface area contributed by atoms with E-state index in [1.807, 2.05) is 0 Å². The lowest BCUT2D eigenvalue weighted by atomic mass is 9.68. The predicted molar refractivity (Wildman–Crippen MR) is 244 cm³/mol. The average molecular weight is 743 g/mol. The molecule has 0 N–H and O–H groups in total. The van der Waals surface area contributed by atoms with E-state index in [1.165, 1.54) is 111 Å². The molecule has 0 nitrogen and oxygen atoms in total. The van der Waals surface area contributed by atoms with Crippen molar-refractivity contribution in [2.24, 2.45) is 0 Å². The molecule has 12 rings (SSSR count). The van der Waals surface area contributed by atoms with E-state index in [-0.39, 0.29) is 21.7 Å². The number of hydrogen-bond acceptors (Lipinski definition) is 0. The van der Waals surface area contributed by atoms with Crippen LogP contribution in [0.25, 0.3) is 66.1 Å². The minimum Gasteiger partial charge on any atom is -0.0617 e. The summed E-state index contributed by atoms with van der Waals surface area (Å²) < 4.78 is 0. The molecule has 4 aliphatic rings. The minimum atomic E-state index is -0.0954. The van der Waals surface area contributed by atoms with E-state index in [1.54, 1.807) is 0 Å². The van der Waals surface area contributed by atoms with Gasteiger partial charge in [-0.3, -0.25) is 0 Å². The summed E-state index contributed by atoms with van der Waals surface area (Å²) in [6.07, 6.45) is 0. The van der Waals surface area contributed by atoms with Crippen molar-refractivity contribution in [2.75, 3.05) is 0 Å². The first-order valence-electron chi connectivity index (χ1n) is 21.0. The molecule has 0 saturated carbocycles. The zero-order valence-electron chi connectivity index (χ0n) is 34.7. The van der Waals surface area contributed by atoms with E-state index in [0.29, 0.717) is 0 Å². The van der Waals surface area contributed by atoms with Gasteiger partial charge in [-0.05, 0) is 159 Å². The van der Waals surface area contributed by atoms with Crippen molar-refractivity contribution in [3.05, 3.63) is 189 Å². The van der Waals surface area contributed by atoms with E-state index in [2.05, 4.69) is 201 Å². The highest BCUT2D eigenvalue weighted by atomic mass is 14.5. The van der Waals surface area contributed by atoms with E-state index in [9.17, 15) is 0 Å². The zero-order chi connectivity index (χ0) is 39.7. The second-order valence-corrected chi connectivity index (χ2v) is 19.6. The summed E-state index contributed by atoms with van der Waals surface area (Å²) in [6, 6.07) is 50.7. The molecule has 0 radical (unpaired) electrons. The Morgan fingerprint density at radius 3 is 1.00 bits per heavy atom. The molecular weight excluding hydrogens is 697 g/mol. The third-order valence-corrected chi connectivity index (χ3v) is 15.0. The highest BCUT2D eigenvalue weighted by Crippen LogP contribution is 2.62. The number of benzene rings is 8. The summed E-state index contributed by atoms with van der Waals surface area (Å²) in [6.45, 7) is 19.2. The summed E-state index contributed by atoms with van der Waals surface area (Å²) in [5.41, 5.74) is 24.2. The molecule has 0 saturated heterocycles. The number of hydrogen-bond donors (Lipinski definition) is 0. The van der Waals surface area contributed by atoms with Crippen LogP contribution in [0.4, 0.5) is 0 Å². The van der Waals surface area contributed by atoms with Crippen molar-refractivity contribution in [1.82, 2.24) is 0 Å². The van der Waals surface area contributed by atoms with Gasteiger partial charge in [-0.1, -0.05) is 152 Å². The standard InChI is InChI=1S/C58H46/c1-55(2)41-13-9-11-37-25-27-43-53(49(37)41)51-45(55)29-39(31-47(51)57(43,5)6)35-21-17-33(18-22-35)15-16-34-19-23-36(24-20-34)40-30-46-52-48(32-40)58(7,8)44-28-26-38-12-10-14-42(56(46,3)4)50(38)54(44)52/h9-14,17-32H,1-8H3. The quantitative estimate of drug-likeness (QED) is 0.155. The molecule has 58 heavy (non-hydrogen) atoms. The van der Waals surface area contributed by atoms with Gasteiger partial charge < -0.3 is 0 Å². The highest BCUT2D eigenvalue weighted by molar-refractivity contribution is 6.10. The van der Waals surface area contributed by atoms with Crippen LogP contribution in [0.2, 0.25) is 0 Å². The van der Waals surface area contributed by atoms with Crippen molar-refractivity contribution >= 4 is 21.5 Å². The SMILES string of the molecule is CC1(C)c2cc(-c3ccc(C#Cc4ccc(-c5cc6c7c(c5)C(C)(C)c5cccc8ccc(c-7c58)C6(C)C)cc4)cc3)cc3c2-c2c1ccc1cccc(c21)C3(C)C. The smallest absolute Gasteiger partial charge is 0.0249 e. The maximum absolute atomic E-state index is 3.47. The van der Waals surface area contributed by atoms with Gasteiger partial charge in [-0.25, -0.2) is 0 Å². The van der Waals surface area contributed by atoms with Crippen LogP contribution < -0.4 is 0 Å². The first-order chi connectivity index (χ1) is 27.8. The summed E-state index contributed by atoms with van der Waals surface area (Å²) >= 11 is 0. The molecule has 0 unspecified atom stereocenters. The molecule has 0 aromatic heterocycles. The lowest BCUT2D eigenvalue weighted by molar-refractivity contribution is 0.639. The van der Waals surface area contributed by atoms with E-state index >= 15 is 0 Å². The molecule has 0 amide bonds. The molecule has 0 atom stereocenters. The highest BCUT2D eigenvalue weighted by Gasteiger charge is 2.46. The van der Waals surface area contributed by atoms with Crippen LogP contribution in [-0.4, -0.2) is 0 Å². The second kappa shape index (κ2) is 10.9. The molecule has 0 heteroatoms. The van der Waals surface area contributed by atoms with Crippen LogP contribution in [-0.2, 0) is 21.7 Å². The third kappa shape index (κ3) is 4.17. The van der Waals surface area contributed by atoms with Gasteiger partial charge >= 0.3 is 0 Å². The van der Waals surface area contributed by atoms with E-state index < -0.39 is 0 Å². The van der Waals surface area contributed by atoms with Crippen molar-refractivity contribution in [1.29, 1.82) is 0 Å². The van der Waals surface area contributed by atoms with E-state index in [0.717, 1.165) is 11.1 Å². The molecule has 0 spiro atoms. The Balaban J connectivity index is 0.866. The first-order valence-corrected chi connectivity index (χ1v) is 21.0. The first kappa shape index (κ1) is 33.9. The van der Waals surface area contributed by atoms with Crippen molar-refractivity contribution in [3.8, 4) is 56.3 Å². The summed E-state index contributed by atoms with van der Waals surface area (Å²) in [5, 5.41) is 5.59. The van der Waals surface area contributed by atoms with Crippen LogP contribution in [0.3, 0.4) is 0 Å². The molecular formula is C58H46. The minimum absolute atomic E-state index is 0.0622. The monoisotopic (exact) mass is 742 g/mol. The molecule has 0 aliphatic heterocycles. The summed E-state index contributed by atoms with van der Waals surface area (Å²) in [4.78, 5) is 0. The van der Waals surface area contributed by atoms with Gasteiger partial charge in [0.05, 0.1) is 0 Å². The number of rotatable bonds is 2. The predicted octanol–water partition coefficient (Wildman–Crippen LogP) is 14.6. The fourth-order valence-corrected chi connectivity index (χ4v) is 11.7. The van der Waals surface area contributed by atoms with Gasteiger partial charge in [0, 0.05) is 32.8 Å². The largest absolute Gasteiger partial charge is 0.0617 e. The Hall–Kier alpha value is -6.16. The molecule has 0 bridgehead atoms. The lowest BCUT2D eigenvalue weighted by Crippen LogP contribution is -2.24. The molecule has 8 aromatic rings. The Bertz CT molecular complexity index is 3020. The van der Waals surface area contributed by atoms with Gasteiger partial charge in [-0.15, -0.1) is 0 Å². The Kier molecular flexibility index (Phi) is 6.35. The van der Waals surface area contributed by atoms with Gasteiger partial charge in [0.15, 0.2) is 0 Å². The van der Waals surface area contributed by atoms with Gasteiger partial charge in [0.2, 0.25) is 0 Å².